The van der Waals surface area contributed by atoms with Crippen molar-refractivity contribution in [1.29, 1.82) is 0 Å². The van der Waals surface area contributed by atoms with Crippen LogP contribution in [0.4, 0.5) is 5.69 Å². The van der Waals surface area contributed by atoms with E-state index in [9.17, 15) is 9.59 Å². The van der Waals surface area contributed by atoms with Crippen molar-refractivity contribution in [2.75, 3.05) is 18.4 Å². The predicted octanol–water partition coefficient (Wildman–Crippen LogP) is 3.28. The molecule has 1 N–H and O–H groups in total. The summed E-state index contributed by atoms with van der Waals surface area (Å²) in [7, 11) is 0. The summed E-state index contributed by atoms with van der Waals surface area (Å²) in [6, 6.07) is 6.10. The third-order valence-corrected chi connectivity index (χ3v) is 5.28. The second-order valence-electron chi connectivity index (χ2n) is 7.04. The molecule has 1 aliphatic heterocycles. The van der Waals surface area contributed by atoms with Gasteiger partial charge in [0.1, 0.15) is 0 Å². The smallest absolute Gasteiger partial charge is 0.227 e. The van der Waals surface area contributed by atoms with Gasteiger partial charge in [0.25, 0.3) is 0 Å². The number of hydrogen-bond donors (Lipinski definition) is 1. The topological polar surface area (TPSA) is 49.4 Å². The molecule has 2 fully saturated rings. The van der Waals surface area contributed by atoms with Gasteiger partial charge in [-0.3, -0.25) is 9.59 Å². The van der Waals surface area contributed by atoms with Crippen LogP contribution in [-0.4, -0.2) is 29.8 Å². The molecule has 0 unspecified atom stereocenters. The number of nitrogens with zero attached hydrogens (tertiary/aromatic N) is 1. The first-order valence-corrected chi connectivity index (χ1v) is 8.71. The average Bonchev–Trinajstić information content (AvgIpc) is 2.49. The lowest BCUT2D eigenvalue weighted by Crippen LogP contribution is -2.45. The van der Waals surface area contributed by atoms with E-state index in [0.717, 1.165) is 55.6 Å². The van der Waals surface area contributed by atoms with Crippen molar-refractivity contribution in [3.8, 4) is 0 Å². The number of carbonyl (C=O) groups excluding carboxylic acids is 2. The SMILES string of the molecule is Cc1ccc(C)c(NC(=O)C2CCN(C(=O)C3CCC3)CC2)c1. The minimum Gasteiger partial charge on any atom is -0.342 e. The Hall–Kier alpha value is -1.84. The number of aryl methyl sites for hydroxylation is 2. The largest absolute Gasteiger partial charge is 0.342 e. The first kappa shape index (κ1) is 16.0. The van der Waals surface area contributed by atoms with Gasteiger partial charge in [-0.1, -0.05) is 18.6 Å². The fraction of sp³-hybridized carbons (Fsp3) is 0.579. The van der Waals surface area contributed by atoms with Crippen molar-refractivity contribution in [3.05, 3.63) is 29.3 Å². The minimum absolute atomic E-state index is 0.0142. The maximum absolute atomic E-state index is 12.5. The molecule has 1 saturated heterocycles. The molecule has 0 radical (unpaired) electrons. The number of rotatable bonds is 3. The summed E-state index contributed by atoms with van der Waals surface area (Å²) in [6.07, 6.45) is 4.83. The zero-order valence-corrected chi connectivity index (χ0v) is 14.1. The molecule has 1 aliphatic carbocycles. The Morgan fingerprint density at radius 2 is 1.74 bits per heavy atom. The summed E-state index contributed by atoms with van der Waals surface area (Å²) in [6.45, 7) is 5.48. The molecule has 1 aromatic rings. The van der Waals surface area contributed by atoms with Crippen molar-refractivity contribution < 1.29 is 9.59 Å². The van der Waals surface area contributed by atoms with Gasteiger partial charge < -0.3 is 10.2 Å². The van der Waals surface area contributed by atoms with Gasteiger partial charge in [0.05, 0.1) is 0 Å². The molecular weight excluding hydrogens is 288 g/mol. The monoisotopic (exact) mass is 314 g/mol. The zero-order valence-electron chi connectivity index (χ0n) is 14.1. The van der Waals surface area contributed by atoms with E-state index in [0.29, 0.717) is 5.91 Å². The zero-order chi connectivity index (χ0) is 16.4. The Balaban J connectivity index is 1.53. The fourth-order valence-corrected chi connectivity index (χ4v) is 3.38. The van der Waals surface area contributed by atoms with Crippen LogP contribution in [-0.2, 0) is 9.59 Å². The summed E-state index contributed by atoms with van der Waals surface area (Å²) in [5.74, 6) is 0.676. The summed E-state index contributed by atoms with van der Waals surface area (Å²) in [4.78, 5) is 26.7. The Kier molecular flexibility index (Phi) is 4.69. The second kappa shape index (κ2) is 6.73. The molecule has 0 bridgehead atoms. The molecule has 0 aromatic heterocycles. The summed E-state index contributed by atoms with van der Waals surface area (Å²) >= 11 is 0. The molecule has 2 amide bonds. The number of amides is 2. The van der Waals surface area contributed by atoms with Crippen LogP contribution in [0.25, 0.3) is 0 Å². The van der Waals surface area contributed by atoms with Crippen LogP contribution in [0, 0.1) is 25.7 Å². The van der Waals surface area contributed by atoms with Gasteiger partial charge in [0.2, 0.25) is 11.8 Å². The lowest BCUT2D eigenvalue weighted by molar-refractivity contribution is -0.140. The molecule has 1 saturated carbocycles. The van der Waals surface area contributed by atoms with E-state index < -0.39 is 0 Å². The maximum Gasteiger partial charge on any atom is 0.227 e. The van der Waals surface area contributed by atoms with Gasteiger partial charge >= 0.3 is 0 Å². The van der Waals surface area contributed by atoms with E-state index in [2.05, 4.69) is 11.4 Å². The molecule has 2 aliphatic rings. The highest BCUT2D eigenvalue weighted by molar-refractivity contribution is 5.93. The first-order chi connectivity index (χ1) is 11.0. The number of hydrogen-bond acceptors (Lipinski definition) is 2. The molecule has 0 atom stereocenters. The first-order valence-electron chi connectivity index (χ1n) is 8.71. The van der Waals surface area contributed by atoms with E-state index in [1.165, 1.54) is 6.42 Å². The van der Waals surface area contributed by atoms with Gasteiger partial charge in [-0.2, -0.15) is 0 Å². The van der Waals surface area contributed by atoms with Crippen LogP contribution < -0.4 is 5.32 Å². The van der Waals surface area contributed by atoms with Gasteiger partial charge in [-0.15, -0.1) is 0 Å². The van der Waals surface area contributed by atoms with Crippen molar-refractivity contribution in [2.24, 2.45) is 11.8 Å². The second-order valence-corrected chi connectivity index (χ2v) is 7.04. The van der Waals surface area contributed by atoms with Crippen molar-refractivity contribution in [1.82, 2.24) is 4.90 Å². The number of anilines is 1. The lowest BCUT2D eigenvalue weighted by atomic mass is 9.83. The van der Waals surface area contributed by atoms with Crippen LogP contribution in [0.2, 0.25) is 0 Å². The Bertz CT molecular complexity index is 599. The molecule has 0 spiro atoms. The Labute approximate surface area is 138 Å². The highest BCUT2D eigenvalue weighted by Gasteiger charge is 2.33. The van der Waals surface area contributed by atoms with Crippen LogP contribution in [0.15, 0.2) is 18.2 Å². The average molecular weight is 314 g/mol. The van der Waals surface area contributed by atoms with Gasteiger partial charge in [0.15, 0.2) is 0 Å². The third kappa shape index (κ3) is 3.57. The van der Waals surface area contributed by atoms with Gasteiger partial charge in [0, 0.05) is 30.6 Å². The molecule has 1 aromatic carbocycles. The molecule has 1 heterocycles. The number of carbonyl (C=O) groups is 2. The molecule has 4 heteroatoms. The number of benzene rings is 1. The van der Waals surface area contributed by atoms with Gasteiger partial charge in [-0.25, -0.2) is 0 Å². The molecule has 124 valence electrons. The lowest BCUT2D eigenvalue weighted by Gasteiger charge is -2.36. The number of nitrogens with one attached hydrogen (secondary N) is 1. The summed E-state index contributed by atoms with van der Waals surface area (Å²) < 4.78 is 0. The Morgan fingerprint density at radius 3 is 2.35 bits per heavy atom. The van der Waals surface area contributed by atoms with Crippen molar-refractivity contribution in [2.45, 2.75) is 46.0 Å². The highest BCUT2D eigenvalue weighted by Crippen LogP contribution is 2.30. The fourth-order valence-electron chi connectivity index (χ4n) is 3.38. The predicted molar refractivity (Wildman–Crippen MR) is 91.2 cm³/mol. The van der Waals surface area contributed by atoms with E-state index in [1.54, 1.807) is 0 Å². The third-order valence-electron chi connectivity index (χ3n) is 5.28. The quantitative estimate of drug-likeness (QED) is 0.931. The minimum atomic E-state index is 0.0142. The molecular formula is C19H26N2O2. The summed E-state index contributed by atoms with van der Waals surface area (Å²) in [5.41, 5.74) is 3.14. The highest BCUT2D eigenvalue weighted by atomic mass is 16.2. The molecule has 4 nitrogen and oxygen atoms in total. The summed E-state index contributed by atoms with van der Waals surface area (Å²) in [5, 5.41) is 3.07. The van der Waals surface area contributed by atoms with Crippen molar-refractivity contribution in [3.63, 3.8) is 0 Å². The molecule has 23 heavy (non-hydrogen) atoms. The number of piperidine rings is 1. The van der Waals surface area contributed by atoms with E-state index in [1.807, 2.05) is 30.9 Å². The standard InChI is InChI=1S/C19H26N2O2/c1-13-6-7-14(2)17(12-13)20-18(22)15-8-10-21(11-9-15)19(23)16-4-3-5-16/h6-7,12,15-16H,3-5,8-11H2,1-2H3,(H,20,22). The van der Waals surface area contributed by atoms with Crippen LogP contribution in [0.5, 0.6) is 0 Å². The Morgan fingerprint density at radius 1 is 1.04 bits per heavy atom. The van der Waals surface area contributed by atoms with E-state index in [4.69, 9.17) is 0 Å². The van der Waals surface area contributed by atoms with Crippen LogP contribution >= 0.6 is 0 Å². The van der Waals surface area contributed by atoms with Crippen molar-refractivity contribution >= 4 is 17.5 Å². The van der Waals surface area contributed by atoms with Gasteiger partial charge in [-0.05, 0) is 56.7 Å². The maximum atomic E-state index is 12.5. The van der Waals surface area contributed by atoms with E-state index >= 15 is 0 Å². The molecule has 3 rings (SSSR count). The van der Waals surface area contributed by atoms with E-state index in [-0.39, 0.29) is 17.7 Å². The number of likely N-dealkylation sites (tertiary alicyclic amines) is 1. The van der Waals surface area contributed by atoms with Crippen LogP contribution in [0.3, 0.4) is 0 Å². The normalized spacial score (nSPS) is 19.3. The van der Waals surface area contributed by atoms with Crippen LogP contribution in [0.1, 0.15) is 43.2 Å².